The van der Waals surface area contributed by atoms with Gasteiger partial charge in [0.2, 0.25) is 0 Å². The minimum absolute atomic E-state index is 0.227. The van der Waals surface area contributed by atoms with Crippen LogP contribution in [0.4, 0.5) is 0 Å². The maximum atomic E-state index is 11.6. The van der Waals surface area contributed by atoms with Crippen molar-refractivity contribution in [2.24, 2.45) is 0 Å². The third-order valence-electron chi connectivity index (χ3n) is 2.06. The number of halogens is 1. The zero-order chi connectivity index (χ0) is 11.5. The van der Waals surface area contributed by atoms with E-state index in [2.05, 4.69) is 15.5 Å². The van der Waals surface area contributed by atoms with Crippen molar-refractivity contribution >= 4 is 17.5 Å². The lowest BCUT2D eigenvalue weighted by Gasteiger charge is -2.07. The molecule has 6 heteroatoms. The maximum Gasteiger partial charge on any atom is 0.253 e. The topological polar surface area (TPSA) is 59.8 Å². The molecule has 0 aliphatic rings. The van der Waals surface area contributed by atoms with Gasteiger partial charge in [-0.1, -0.05) is 11.6 Å². The Kier molecular flexibility index (Phi) is 2.87. The highest BCUT2D eigenvalue weighted by Crippen LogP contribution is 2.18. The van der Waals surface area contributed by atoms with Crippen molar-refractivity contribution in [3.63, 3.8) is 0 Å². The highest BCUT2D eigenvalue weighted by Gasteiger charge is 2.12. The van der Waals surface area contributed by atoms with Gasteiger partial charge in [-0.25, -0.2) is 0 Å². The van der Waals surface area contributed by atoms with Gasteiger partial charge >= 0.3 is 0 Å². The molecule has 0 atom stereocenters. The molecule has 2 aromatic rings. The maximum absolute atomic E-state index is 11.6. The van der Waals surface area contributed by atoms with E-state index < -0.39 is 0 Å². The lowest BCUT2D eigenvalue weighted by atomic mass is 10.1. The molecular formula is C10H9ClN4O. The first-order chi connectivity index (χ1) is 7.72. The largest absolute Gasteiger partial charge is 0.355 e. The van der Waals surface area contributed by atoms with Gasteiger partial charge in [0.15, 0.2) is 0 Å². The SMILES string of the molecule is CNC(=O)c1cc(Cl)ccc1-n1nccn1. The molecule has 2 rings (SSSR count). The molecule has 16 heavy (non-hydrogen) atoms. The number of aromatic nitrogens is 3. The van der Waals surface area contributed by atoms with Gasteiger partial charge < -0.3 is 5.32 Å². The Morgan fingerprint density at radius 1 is 1.38 bits per heavy atom. The van der Waals surface area contributed by atoms with Gasteiger partial charge in [0.05, 0.1) is 23.6 Å². The predicted molar refractivity (Wildman–Crippen MR) is 59.8 cm³/mol. The quantitative estimate of drug-likeness (QED) is 0.855. The molecular weight excluding hydrogens is 228 g/mol. The number of nitrogens with zero attached hydrogens (tertiary/aromatic N) is 3. The second-order valence-corrected chi connectivity index (χ2v) is 3.50. The molecule has 0 saturated carbocycles. The van der Waals surface area contributed by atoms with Crippen LogP contribution in [-0.4, -0.2) is 27.9 Å². The van der Waals surface area contributed by atoms with Gasteiger partial charge in [0.25, 0.3) is 5.91 Å². The first-order valence-corrected chi connectivity index (χ1v) is 4.98. The van der Waals surface area contributed by atoms with Crippen LogP contribution in [0.25, 0.3) is 5.69 Å². The summed E-state index contributed by atoms with van der Waals surface area (Å²) >= 11 is 5.85. The first-order valence-electron chi connectivity index (χ1n) is 4.60. The van der Waals surface area contributed by atoms with E-state index in [0.717, 1.165) is 0 Å². The second kappa shape index (κ2) is 4.32. The normalized spacial score (nSPS) is 10.1. The summed E-state index contributed by atoms with van der Waals surface area (Å²) in [5.41, 5.74) is 1.03. The summed E-state index contributed by atoms with van der Waals surface area (Å²) in [6.45, 7) is 0. The smallest absolute Gasteiger partial charge is 0.253 e. The summed E-state index contributed by atoms with van der Waals surface area (Å²) in [5.74, 6) is -0.227. The minimum Gasteiger partial charge on any atom is -0.355 e. The van der Waals surface area contributed by atoms with Crippen molar-refractivity contribution in [1.82, 2.24) is 20.3 Å². The molecule has 1 aromatic carbocycles. The van der Waals surface area contributed by atoms with Crippen LogP contribution >= 0.6 is 11.6 Å². The van der Waals surface area contributed by atoms with Crippen molar-refractivity contribution in [3.8, 4) is 5.69 Å². The number of hydrogen-bond donors (Lipinski definition) is 1. The molecule has 1 amide bonds. The van der Waals surface area contributed by atoms with Crippen molar-refractivity contribution in [3.05, 3.63) is 41.2 Å². The van der Waals surface area contributed by atoms with Gasteiger partial charge in [-0.2, -0.15) is 15.0 Å². The fraction of sp³-hybridized carbons (Fsp3) is 0.100. The minimum atomic E-state index is -0.227. The zero-order valence-electron chi connectivity index (χ0n) is 8.51. The van der Waals surface area contributed by atoms with Gasteiger partial charge in [-0.05, 0) is 18.2 Å². The highest BCUT2D eigenvalue weighted by atomic mass is 35.5. The summed E-state index contributed by atoms with van der Waals surface area (Å²) in [5, 5.41) is 11.0. The Balaban J connectivity index is 2.57. The third kappa shape index (κ3) is 1.90. The average Bonchev–Trinajstić information content (AvgIpc) is 2.81. The van der Waals surface area contributed by atoms with Crippen LogP contribution in [0.3, 0.4) is 0 Å². The molecule has 0 aliphatic heterocycles. The number of nitrogens with one attached hydrogen (secondary N) is 1. The summed E-state index contributed by atoms with van der Waals surface area (Å²) in [4.78, 5) is 13.0. The summed E-state index contributed by atoms with van der Waals surface area (Å²) in [6.07, 6.45) is 3.09. The van der Waals surface area contributed by atoms with Gasteiger partial charge in [0, 0.05) is 12.1 Å². The molecule has 0 saturated heterocycles. The first kappa shape index (κ1) is 10.6. The Morgan fingerprint density at radius 2 is 2.06 bits per heavy atom. The molecule has 1 N–H and O–H groups in total. The van der Waals surface area contributed by atoms with Gasteiger partial charge in [-0.3, -0.25) is 4.79 Å². The van der Waals surface area contributed by atoms with Gasteiger partial charge in [0.1, 0.15) is 0 Å². The number of amides is 1. The van der Waals surface area contributed by atoms with Crippen LogP contribution in [-0.2, 0) is 0 Å². The van der Waals surface area contributed by atoms with Crippen LogP contribution in [0.15, 0.2) is 30.6 Å². The summed E-state index contributed by atoms with van der Waals surface area (Å²) in [7, 11) is 1.56. The number of carbonyl (C=O) groups is 1. The number of hydrogen-bond acceptors (Lipinski definition) is 3. The van der Waals surface area contributed by atoms with E-state index in [9.17, 15) is 4.79 Å². The van der Waals surface area contributed by atoms with E-state index in [-0.39, 0.29) is 5.91 Å². The van der Waals surface area contributed by atoms with E-state index in [4.69, 9.17) is 11.6 Å². The zero-order valence-corrected chi connectivity index (χ0v) is 9.27. The standard InChI is InChI=1S/C10H9ClN4O/c1-12-10(16)8-6-7(11)2-3-9(8)15-13-4-5-14-15/h2-6H,1H3,(H,12,16). The predicted octanol–water partition coefficient (Wildman–Crippen LogP) is 1.28. The van der Waals surface area contributed by atoms with E-state index in [1.807, 2.05) is 0 Å². The van der Waals surface area contributed by atoms with Crippen molar-refractivity contribution in [2.45, 2.75) is 0 Å². The Hall–Kier alpha value is -1.88. The molecule has 82 valence electrons. The fourth-order valence-electron chi connectivity index (χ4n) is 1.34. The molecule has 5 nitrogen and oxygen atoms in total. The molecule has 1 aromatic heterocycles. The molecule has 1 heterocycles. The molecule has 0 spiro atoms. The highest BCUT2D eigenvalue weighted by molar-refractivity contribution is 6.31. The van der Waals surface area contributed by atoms with E-state index in [0.29, 0.717) is 16.3 Å². The fourth-order valence-corrected chi connectivity index (χ4v) is 1.51. The Bertz CT molecular complexity index is 510. The number of rotatable bonds is 2. The molecule has 0 bridgehead atoms. The lowest BCUT2D eigenvalue weighted by Crippen LogP contribution is -2.20. The molecule has 0 fully saturated rings. The van der Waals surface area contributed by atoms with Crippen molar-refractivity contribution < 1.29 is 4.79 Å². The summed E-state index contributed by atoms with van der Waals surface area (Å²) < 4.78 is 0. The van der Waals surface area contributed by atoms with Crippen LogP contribution in [0.1, 0.15) is 10.4 Å². The van der Waals surface area contributed by atoms with Crippen molar-refractivity contribution in [1.29, 1.82) is 0 Å². The van der Waals surface area contributed by atoms with Crippen LogP contribution < -0.4 is 5.32 Å². The van der Waals surface area contributed by atoms with E-state index >= 15 is 0 Å². The van der Waals surface area contributed by atoms with Crippen LogP contribution in [0.2, 0.25) is 5.02 Å². The second-order valence-electron chi connectivity index (χ2n) is 3.06. The lowest BCUT2D eigenvalue weighted by molar-refractivity contribution is 0.0963. The van der Waals surface area contributed by atoms with Crippen molar-refractivity contribution in [2.75, 3.05) is 7.05 Å². The Morgan fingerprint density at radius 3 is 2.69 bits per heavy atom. The molecule has 0 radical (unpaired) electrons. The van der Waals surface area contributed by atoms with Gasteiger partial charge in [-0.15, -0.1) is 0 Å². The van der Waals surface area contributed by atoms with E-state index in [1.54, 1.807) is 37.6 Å². The molecule has 0 aliphatic carbocycles. The van der Waals surface area contributed by atoms with Crippen LogP contribution in [0.5, 0.6) is 0 Å². The monoisotopic (exact) mass is 236 g/mol. The van der Waals surface area contributed by atoms with Crippen LogP contribution in [0, 0.1) is 0 Å². The number of carbonyl (C=O) groups excluding carboxylic acids is 1. The Labute approximate surface area is 97.0 Å². The van der Waals surface area contributed by atoms with E-state index in [1.165, 1.54) is 4.80 Å². The summed E-state index contributed by atoms with van der Waals surface area (Å²) in [6, 6.07) is 4.97. The average molecular weight is 237 g/mol. The third-order valence-corrected chi connectivity index (χ3v) is 2.30. The molecule has 0 unspecified atom stereocenters. The number of benzene rings is 1.